The molecular weight excluding hydrogens is 236 g/mol. The number of nitrogens with zero attached hydrogens (tertiary/aromatic N) is 2. The van der Waals surface area contributed by atoms with E-state index in [9.17, 15) is 5.11 Å². The number of aliphatic hydroxyl groups is 1. The summed E-state index contributed by atoms with van der Waals surface area (Å²) in [4.78, 5) is 0. The smallest absolute Gasteiger partial charge is 0.121 e. The maximum Gasteiger partial charge on any atom is 0.121 e. The van der Waals surface area contributed by atoms with Gasteiger partial charge in [-0.05, 0) is 42.4 Å². The van der Waals surface area contributed by atoms with E-state index in [0.717, 1.165) is 24.2 Å². The van der Waals surface area contributed by atoms with Crippen molar-refractivity contribution in [3.8, 4) is 0 Å². The molecule has 0 bridgehead atoms. The van der Waals surface area contributed by atoms with Crippen LogP contribution >= 0.6 is 0 Å². The highest BCUT2D eigenvalue weighted by molar-refractivity contribution is 5.38. The molecule has 1 heterocycles. The van der Waals surface area contributed by atoms with E-state index in [4.69, 9.17) is 0 Å². The number of hydrogen-bond acceptors (Lipinski definition) is 2. The molecule has 3 rings (SSSR count). The SMILES string of the molecule is CCCn1nccc1C(O)c1ccccc1C1CC1. The summed E-state index contributed by atoms with van der Waals surface area (Å²) in [6.45, 7) is 2.97. The molecular formula is C16H20N2O. The van der Waals surface area contributed by atoms with Crippen molar-refractivity contribution in [2.75, 3.05) is 0 Å². The molecule has 1 N–H and O–H groups in total. The van der Waals surface area contributed by atoms with Gasteiger partial charge in [0, 0.05) is 12.7 Å². The summed E-state index contributed by atoms with van der Waals surface area (Å²) in [5, 5.41) is 15.0. The fraction of sp³-hybridized carbons (Fsp3) is 0.438. The fourth-order valence-electron chi connectivity index (χ4n) is 2.66. The Morgan fingerprint density at radius 1 is 1.32 bits per heavy atom. The van der Waals surface area contributed by atoms with E-state index < -0.39 is 6.10 Å². The molecule has 1 fully saturated rings. The van der Waals surface area contributed by atoms with Crippen LogP contribution in [0.5, 0.6) is 0 Å². The van der Waals surface area contributed by atoms with Gasteiger partial charge in [-0.15, -0.1) is 0 Å². The first-order valence-electron chi connectivity index (χ1n) is 7.10. The average Bonchev–Trinajstić information content (AvgIpc) is 3.19. The monoisotopic (exact) mass is 256 g/mol. The van der Waals surface area contributed by atoms with E-state index in [-0.39, 0.29) is 0 Å². The number of aromatic nitrogens is 2. The molecule has 3 nitrogen and oxygen atoms in total. The second kappa shape index (κ2) is 5.17. The molecule has 1 aliphatic carbocycles. The minimum Gasteiger partial charge on any atom is -0.382 e. The molecule has 1 unspecified atom stereocenters. The first-order valence-corrected chi connectivity index (χ1v) is 7.10. The molecule has 1 aliphatic rings. The number of benzene rings is 1. The summed E-state index contributed by atoms with van der Waals surface area (Å²) >= 11 is 0. The first-order chi connectivity index (χ1) is 9.31. The van der Waals surface area contributed by atoms with Crippen LogP contribution in [0.4, 0.5) is 0 Å². The maximum absolute atomic E-state index is 10.7. The summed E-state index contributed by atoms with van der Waals surface area (Å²) in [6.07, 6.45) is 4.72. The highest BCUT2D eigenvalue weighted by atomic mass is 16.3. The van der Waals surface area contributed by atoms with Crippen LogP contribution in [-0.2, 0) is 6.54 Å². The van der Waals surface area contributed by atoms with Crippen molar-refractivity contribution >= 4 is 0 Å². The van der Waals surface area contributed by atoms with Crippen molar-refractivity contribution in [1.82, 2.24) is 9.78 Å². The zero-order valence-electron chi connectivity index (χ0n) is 11.3. The molecule has 1 aromatic carbocycles. The Hall–Kier alpha value is -1.61. The van der Waals surface area contributed by atoms with Crippen LogP contribution in [0.2, 0.25) is 0 Å². The lowest BCUT2D eigenvalue weighted by atomic mass is 9.97. The van der Waals surface area contributed by atoms with Crippen molar-refractivity contribution < 1.29 is 5.11 Å². The van der Waals surface area contributed by atoms with E-state index >= 15 is 0 Å². The highest BCUT2D eigenvalue weighted by Crippen LogP contribution is 2.43. The van der Waals surface area contributed by atoms with Gasteiger partial charge in [-0.1, -0.05) is 31.2 Å². The van der Waals surface area contributed by atoms with E-state index in [1.165, 1.54) is 18.4 Å². The first kappa shape index (κ1) is 12.4. The van der Waals surface area contributed by atoms with Gasteiger partial charge in [-0.2, -0.15) is 5.10 Å². The van der Waals surface area contributed by atoms with Gasteiger partial charge in [0.15, 0.2) is 0 Å². The summed E-state index contributed by atoms with van der Waals surface area (Å²) < 4.78 is 1.91. The molecule has 3 heteroatoms. The van der Waals surface area contributed by atoms with Crippen molar-refractivity contribution in [2.45, 2.75) is 44.8 Å². The second-order valence-corrected chi connectivity index (χ2v) is 5.28. The topological polar surface area (TPSA) is 38.0 Å². The van der Waals surface area contributed by atoms with E-state index in [0.29, 0.717) is 5.92 Å². The Labute approximate surface area is 113 Å². The maximum atomic E-state index is 10.7. The molecule has 1 aromatic heterocycles. The highest BCUT2D eigenvalue weighted by Gasteiger charge is 2.28. The number of rotatable bonds is 5. The Kier molecular flexibility index (Phi) is 3.38. The lowest BCUT2D eigenvalue weighted by Crippen LogP contribution is -2.11. The van der Waals surface area contributed by atoms with Crippen LogP contribution in [0.15, 0.2) is 36.5 Å². The Morgan fingerprint density at radius 2 is 2.11 bits per heavy atom. The van der Waals surface area contributed by atoms with Crippen LogP contribution in [0.1, 0.15) is 55.0 Å². The normalized spacial score (nSPS) is 16.5. The summed E-state index contributed by atoms with van der Waals surface area (Å²) in [5.41, 5.74) is 3.25. The quantitative estimate of drug-likeness (QED) is 0.891. The van der Waals surface area contributed by atoms with E-state index in [2.05, 4.69) is 24.2 Å². The van der Waals surface area contributed by atoms with Gasteiger partial charge >= 0.3 is 0 Å². The van der Waals surface area contributed by atoms with Gasteiger partial charge < -0.3 is 5.11 Å². The lowest BCUT2D eigenvalue weighted by Gasteiger charge is -2.17. The molecule has 19 heavy (non-hydrogen) atoms. The van der Waals surface area contributed by atoms with Gasteiger partial charge in [-0.25, -0.2) is 0 Å². The van der Waals surface area contributed by atoms with E-state index in [1.54, 1.807) is 6.20 Å². The number of hydrogen-bond donors (Lipinski definition) is 1. The van der Waals surface area contributed by atoms with Crippen molar-refractivity contribution in [1.29, 1.82) is 0 Å². The van der Waals surface area contributed by atoms with E-state index in [1.807, 2.05) is 22.9 Å². The second-order valence-electron chi connectivity index (χ2n) is 5.28. The molecule has 0 spiro atoms. The number of aryl methyl sites for hydroxylation is 1. The van der Waals surface area contributed by atoms with Gasteiger partial charge in [0.05, 0.1) is 5.69 Å². The van der Waals surface area contributed by atoms with Crippen LogP contribution in [0.3, 0.4) is 0 Å². The molecule has 1 saturated carbocycles. The van der Waals surface area contributed by atoms with Crippen LogP contribution in [-0.4, -0.2) is 14.9 Å². The van der Waals surface area contributed by atoms with Gasteiger partial charge in [0.1, 0.15) is 6.10 Å². The Bertz CT molecular complexity index is 557. The zero-order chi connectivity index (χ0) is 13.2. The molecule has 0 saturated heterocycles. The molecule has 100 valence electrons. The summed E-state index contributed by atoms with van der Waals surface area (Å²) in [5.74, 6) is 0.647. The van der Waals surface area contributed by atoms with Crippen LogP contribution in [0.25, 0.3) is 0 Å². The van der Waals surface area contributed by atoms with Crippen LogP contribution < -0.4 is 0 Å². The summed E-state index contributed by atoms with van der Waals surface area (Å²) in [7, 11) is 0. The molecule has 0 amide bonds. The fourth-order valence-corrected chi connectivity index (χ4v) is 2.66. The third kappa shape index (κ3) is 2.43. The standard InChI is InChI=1S/C16H20N2O/c1-2-11-18-15(9-10-17-18)16(19)14-6-4-3-5-13(14)12-7-8-12/h3-6,9-10,12,16,19H,2,7-8,11H2,1H3. The van der Waals surface area contributed by atoms with Crippen molar-refractivity contribution in [3.05, 3.63) is 53.3 Å². The third-order valence-corrected chi connectivity index (χ3v) is 3.77. The summed E-state index contributed by atoms with van der Waals surface area (Å²) in [6, 6.07) is 10.2. The van der Waals surface area contributed by atoms with Crippen molar-refractivity contribution in [3.63, 3.8) is 0 Å². The lowest BCUT2D eigenvalue weighted by molar-refractivity contribution is 0.206. The Morgan fingerprint density at radius 3 is 2.84 bits per heavy atom. The molecule has 2 aromatic rings. The predicted molar refractivity (Wildman–Crippen MR) is 75.0 cm³/mol. The number of aliphatic hydroxyl groups excluding tert-OH is 1. The van der Waals surface area contributed by atoms with Crippen molar-refractivity contribution in [2.24, 2.45) is 0 Å². The average molecular weight is 256 g/mol. The largest absolute Gasteiger partial charge is 0.382 e. The predicted octanol–water partition coefficient (Wildman–Crippen LogP) is 3.25. The minimum atomic E-state index is -0.564. The van der Waals surface area contributed by atoms with Gasteiger partial charge in [0.25, 0.3) is 0 Å². The van der Waals surface area contributed by atoms with Gasteiger partial charge in [0.2, 0.25) is 0 Å². The minimum absolute atomic E-state index is 0.564. The van der Waals surface area contributed by atoms with Gasteiger partial charge in [-0.3, -0.25) is 4.68 Å². The zero-order valence-corrected chi connectivity index (χ0v) is 11.3. The van der Waals surface area contributed by atoms with Crippen LogP contribution in [0, 0.1) is 0 Å². The molecule has 0 aliphatic heterocycles. The Balaban J connectivity index is 1.94. The third-order valence-electron chi connectivity index (χ3n) is 3.77. The molecule has 0 radical (unpaired) electrons. The molecule has 1 atom stereocenters.